The van der Waals surface area contributed by atoms with Gasteiger partial charge in [0.2, 0.25) is 0 Å². The molecular formula is C53H78N2. The largest absolute Gasteiger partial charge is 0.399 e. The van der Waals surface area contributed by atoms with Crippen LogP contribution in [0.2, 0.25) is 0 Å². The molecule has 4 N–H and O–H groups in total. The van der Waals surface area contributed by atoms with Gasteiger partial charge >= 0.3 is 0 Å². The zero-order valence-corrected chi connectivity index (χ0v) is 35.7. The Morgan fingerprint density at radius 1 is 0.382 bits per heavy atom. The highest BCUT2D eigenvalue weighted by molar-refractivity contribution is 5.49. The molecule has 2 nitrogen and oxygen atoms in total. The molecule has 0 radical (unpaired) electrons. The standard InChI is InChI=1S/C53H78N2/c1-5-7-9-22-26-52(50-38-36-48(54)40-42(50)3)46-32-28-44(29-33-46)24-20-18-16-14-12-11-13-15-17-19-21-25-45-30-34-47(35-31-45)53(27-23-10-8-6-2)51-39-37-49(55)41-43(51)4/h28-41,52-53H,5-27,54-55H2,1-4H3. The van der Waals surface area contributed by atoms with Gasteiger partial charge in [-0.25, -0.2) is 0 Å². The van der Waals surface area contributed by atoms with Crippen LogP contribution in [0.3, 0.4) is 0 Å². The summed E-state index contributed by atoms with van der Waals surface area (Å²) in [5.74, 6) is 0.925. The van der Waals surface area contributed by atoms with E-state index < -0.39 is 0 Å². The van der Waals surface area contributed by atoms with Gasteiger partial charge in [-0.15, -0.1) is 0 Å². The lowest BCUT2D eigenvalue weighted by Gasteiger charge is -2.21. The lowest BCUT2D eigenvalue weighted by atomic mass is 9.84. The Balaban J connectivity index is 1.06. The first-order chi connectivity index (χ1) is 26.9. The predicted molar refractivity (Wildman–Crippen MR) is 243 cm³/mol. The summed E-state index contributed by atoms with van der Waals surface area (Å²) in [6.45, 7) is 9.02. The molecule has 0 bridgehead atoms. The smallest absolute Gasteiger partial charge is 0.0316 e. The van der Waals surface area contributed by atoms with E-state index in [2.05, 4.69) is 113 Å². The summed E-state index contributed by atoms with van der Waals surface area (Å²) in [5, 5.41) is 0. The van der Waals surface area contributed by atoms with Crippen molar-refractivity contribution in [3.05, 3.63) is 129 Å². The van der Waals surface area contributed by atoms with Gasteiger partial charge in [-0.1, -0.05) is 184 Å². The molecule has 4 rings (SSSR count). The van der Waals surface area contributed by atoms with Crippen LogP contribution in [0.25, 0.3) is 0 Å². The topological polar surface area (TPSA) is 52.0 Å². The normalized spacial score (nSPS) is 12.6. The average Bonchev–Trinajstić information content (AvgIpc) is 3.18. The number of unbranched alkanes of at least 4 members (excludes halogenated alkanes) is 16. The van der Waals surface area contributed by atoms with Gasteiger partial charge in [0, 0.05) is 23.2 Å². The van der Waals surface area contributed by atoms with Gasteiger partial charge in [-0.2, -0.15) is 0 Å². The molecule has 0 aliphatic rings. The SMILES string of the molecule is CCCCCCC(c1ccc(CCCCCCCCCCCCCc2ccc(C(CCCCCC)c3ccc(N)cc3C)cc2)cc1)c1ccc(N)cc1C. The molecule has 0 aliphatic carbocycles. The van der Waals surface area contributed by atoms with Crippen molar-refractivity contribution in [1.29, 1.82) is 0 Å². The Kier molecular flexibility index (Phi) is 20.6. The summed E-state index contributed by atoms with van der Waals surface area (Å²) in [4.78, 5) is 0. The first-order valence-electron chi connectivity index (χ1n) is 22.8. The number of aryl methyl sites for hydroxylation is 4. The van der Waals surface area contributed by atoms with Crippen molar-refractivity contribution in [2.45, 2.75) is 187 Å². The highest BCUT2D eigenvalue weighted by Crippen LogP contribution is 2.35. The maximum absolute atomic E-state index is 6.09. The van der Waals surface area contributed by atoms with E-state index >= 15 is 0 Å². The Bertz CT molecular complexity index is 1480. The van der Waals surface area contributed by atoms with Crippen LogP contribution in [0.5, 0.6) is 0 Å². The molecule has 2 atom stereocenters. The van der Waals surface area contributed by atoms with Gasteiger partial charge in [0.15, 0.2) is 0 Å². The molecule has 300 valence electrons. The van der Waals surface area contributed by atoms with Crippen LogP contribution >= 0.6 is 0 Å². The number of nitrogen functional groups attached to an aromatic ring is 2. The molecule has 0 spiro atoms. The summed E-state index contributed by atoms with van der Waals surface area (Å²) in [6, 6.07) is 32.2. The van der Waals surface area contributed by atoms with Crippen LogP contribution in [0.1, 0.15) is 205 Å². The van der Waals surface area contributed by atoms with E-state index in [4.69, 9.17) is 11.5 Å². The van der Waals surface area contributed by atoms with Crippen LogP contribution < -0.4 is 11.5 Å². The molecule has 2 heteroatoms. The molecule has 2 unspecified atom stereocenters. The first kappa shape index (κ1) is 44.2. The number of nitrogens with two attached hydrogens (primary N) is 2. The lowest BCUT2D eigenvalue weighted by Crippen LogP contribution is -2.05. The van der Waals surface area contributed by atoms with Gasteiger partial charge < -0.3 is 11.5 Å². The minimum Gasteiger partial charge on any atom is -0.399 e. The molecule has 4 aromatic carbocycles. The van der Waals surface area contributed by atoms with Crippen molar-refractivity contribution >= 4 is 11.4 Å². The zero-order chi connectivity index (χ0) is 39.1. The van der Waals surface area contributed by atoms with Crippen LogP contribution in [-0.2, 0) is 12.8 Å². The summed E-state index contributed by atoms with van der Waals surface area (Å²) >= 11 is 0. The third-order valence-corrected chi connectivity index (χ3v) is 12.2. The van der Waals surface area contributed by atoms with Crippen LogP contribution in [0.15, 0.2) is 84.9 Å². The van der Waals surface area contributed by atoms with Crippen molar-refractivity contribution in [3.8, 4) is 0 Å². The van der Waals surface area contributed by atoms with Gasteiger partial charge in [0.1, 0.15) is 0 Å². The molecule has 55 heavy (non-hydrogen) atoms. The third-order valence-electron chi connectivity index (χ3n) is 12.2. The molecule has 0 saturated carbocycles. The first-order valence-corrected chi connectivity index (χ1v) is 22.8. The van der Waals surface area contributed by atoms with Gasteiger partial charge in [-0.3, -0.25) is 0 Å². The van der Waals surface area contributed by atoms with Gasteiger partial charge in [-0.05, 0) is 121 Å². The highest BCUT2D eigenvalue weighted by atomic mass is 14.5. The minimum absolute atomic E-state index is 0.463. The number of benzene rings is 4. The monoisotopic (exact) mass is 743 g/mol. The minimum atomic E-state index is 0.463. The van der Waals surface area contributed by atoms with E-state index in [0.29, 0.717) is 11.8 Å². The Hall–Kier alpha value is -3.52. The van der Waals surface area contributed by atoms with Crippen molar-refractivity contribution in [3.63, 3.8) is 0 Å². The number of hydrogen-bond donors (Lipinski definition) is 2. The molecule has 0 saturated heterocycles. The van der Waals surface area contributed by atoms with Crippen LogP contribution in [0.4, 0.5) is 11.4 Å². The maximum atomic E-state index is 6.09. The summed E-state index contributed by atoms with van der Waals surface area (Å²) in [6.07, 6.45) is 30.4. The number of hydrogen-bond acceptors (Lipinski definition) is 2. The Morgan fingerprint density at radius 3 is 1.04 bits per heavy atom. The second kappa shape index (κ2) is 25.6. The van der Waals surface area contributed by atoms with Gasteiger partial charge in [0.25, 0.3) is 0 Å². The molecule has 0 fully saturated rings. The van der Waals surface area contributed by atoms with Crippen LogP contribution in [0, 0.1) is 13.8 Å². The van der Waals surface area contributed by atoms with Gasteiger partial charge in [0.05, 0.1) is 0 Å². The number of anilines is 2. The molecular weight excluding hydrogens is 665 g/mol. The fourth-order valence-electron chi connectivity index (χ4n) is 8.82. The predicted octanol–water partition coefficient (Wildman–Crippen LogP) is 15.7. The summed E-state index contributed by atoms with van der Waals surface area (Å²) in [5.41, 5.74) is 25.3. The highest BCUT2D eigenvalue weighted by Gasteiger charge is 2.18. The molecule has 0 aromatic heterocycles. The van der Waals surface area contributed by atoms with E-state index in [9.17, 15) is 0 Å². The van der Waals surface area contributed by atoms with E-state index in [-0.39, 0.29) is 0 Å². The van der Waals surface area contributed by atoms with Crippen molar-refractivity contribution < 1.29 is 0 Å². The molecule has 0 aliphatic heterocycles. The third kappa shape index (κ3) is 15.9. The van der Waals surface area contributed by atoms with Crippen LogP contribution in [-0.4, -0.2) is 0 Å². The Labute approximate surface area is 338 Å². The maximum Gasteiger partial charge on any atom is 0.0316 e. The fraction of sp³-hybridized carbons (Fsp3) is 0.547. The van der Waals surface area contributed by atoms with E-state index in [1.165, 1.54) is 192 Å². The summed E-state index contributed by atoms with van der Waals surface area (Å²) in [7, 11) is 0. The van der Waals surface area contributed by atoms with E-state index in [1.807, 2.05) is 0 Å². The van der Waals surface area contributed by atoms with Crippen molar-refractivity contribution in [2.75, 3.05) is 11.5 Å². The molecule has 0 amide bonds. The molecule has 4 aromatic rings. The lowest BCUT2D eigenvalue weighted by molar-refractivity contribution is 0.545. The fourth-order valence-corrected chi connectivity index (χ4v) is 8.82. The van der Waals surface area contributed by atoms with E-state index in [0.717, 1.165) is 11.4 Å². The van der Waals surface area contributed by atoms with Crippen molar-refractivity contribution in [2.24, 2.45) is 0 Å². The second-order valence-electron chi connectivity index (χ2n) is 16.9. The number of rotatable bonds is 28. The Morgan fingerprint density at radius 2 is 0.709 bits per heavy atom. The quantitative estimate of drug-likeness (QED) is 0.0450. The average molecular weight is 743 g/mol. The zero-order valence-electron chi connectivity index (χ0n) is 35.7. The summed E-state index contributed by atoms with van der Waals surface area (Å²) < 4.78 is 0. The molecule has 0 heterocycles. The van der Waals surface area contributed by atoms with E-state index in [1.54, 1.807) is 0 Å². The second-order valence-corrected chi connectivity index (χ2v) is 16.9. The van der Waals surface area contributed by atoms with Crippen molar-refractivity contribution in [1.82, 2.24) is 0 Å².